The molecule has 0 aromatic heterocycles. The molecule has 2 nitrogen and oxygen atoms in total. The van der Waals surface area contributed by atoms with Crippen LogP contribution in [0.25, 0.3) is 11.1 Å². The Kier molecular flexibility index (Phi) is 3.56. The standard InChI is InChI=1S/C16H18O2/c1-11-5-7-15(17-3)13(9-11)14-10-12(2)6-8-16(14)18-4/h5-10H,1-4H3. The Balaban J connectivity index is 2.67. The normalized spacial score (nSPS) is 10.2. The van der Waals surface area contributed by atoms with Gasteiger partial charge < -0.3 is 9.47 Å². The van der Waals surface area contributed by atoms with Gasteiger partial charge in [0.2, 0.25) is 0 Å². The molecule has 0 aliphatic carbocycles. The van der Waals surface area contributed by atoms with Gasteiger partial charge >= 0.3 is 0 Å². The first-order valence-electron chi connectivity index (χ1n) is 5.95. The molecule has 0 saturated heterocycles. The van der Waals surface area contributed by atoms with Crippen LogP contribution in [0.15, 0.2) is 36.4 Å². The van der Waals surface area contributed by atoms with E-state index in [9.17, 15) is 0 Å². The maximum Gasteiger partial charge on any atom is 0.126 e. The van der Waals surface area contributed by atoms with Gasteiger partial charge in [0.15, 0.2) is 0 Å². The van der Waals surface area contributed by atoms with Crippen LogP contribution >= 0.6 is 0 Å². The van der Waals surface area contributed by atoms with E-state index in [2.05, 4.69) is 26.0 Å². The van der Waals surface area contributed by atoms with Gasteiger partial charge in [-0.25, -0.2) is 0 Å². The second kappa shape index (κ2) is 5.13. The summed E-state index contributed by atoms with van der Waals surface area (Å²) in [5, 5.41) is 0. The van der Waals surface area contributed by atoms with E-state index in [4.69, 9.17) is 9.47 Å². The Morgan fingerprint density at radius 1 is 0.667 bits per heavy atom. The lowest BCUT2D eigenvalue weighted by molar-refractivity contribution is 0.410. The molecular formula is C16H18O2. The van der Waals surface area contributed by atoms with Crippen molar-refractivity contribution >= 4 is 0 Å². The summed E-state index contributed by atoms with van der Waals surface area (Å²) >= 11 is 0. The summed E-state index contributed by atoms with van der Waals surface area (Å²) in [7, 11) is 3.38. The maximum absolute atomic E-state index is 5.44. The fraction of sp³-hybridized carbons (Fsp3) is 0.250. The predicted molar refractivity (Wildman–Crippen MR) is 74.5 cm³/mol. The third-order valence-corrected chi connectivity index (χ3v) is 3.00. The molecule has 2 aromatic carbocycles. The predicted octanol–water partition coefficient (Wildman–Crippen LogP) is 3.99. The quantitative estimate of drug-likeness (QED) is 0.810. The largest absolute Gasteiger partial charge is 0.496 e. The summed E-state index contributed by atoms with van der Waals surface area (Å²) < 4.78 is 10.9. The van der Waals surface area contributed by atoms with Crippen molar-refractivity contribution in [1.82, 2.24) is 0 Å². The molecule has 0 saturated carbocycles. The molecule has 2 aromatic rings. The van der Waals surface area contributed by atoms with Gasteiger partial charge in [-0.05, 0) is 38.1 Å². The molecule has 0 radical (unpaired) electrons. The van der Waals surface area contributed by atoms with Crippen molar-refractivity contribution in [3.05, 3.63) is 47.5 Å². The average Bonchev–Trinajstić information content (AvgIpc) is 2.38. The van der Waals surface area contributed by atoms with Crippen LogP contribution in [0.5, 0.6) is 11.5 Å². The van der Waals surface area contributed by atoms with E-state index in [0.717, 1.165) is 22.6 Å². The minimum Gasteiger partial charge on any atom is -0.496 e. The van der Waals surface area contributed by atoms with Crippen LogP contribution in [0, 0.1) is 13.8 Å². The minimum absolute atomic E-state index is 0.865. The van der Waals surface area contributed by atoms with E-state index in [1.165, 1.54) is 11.1 Å². The lowest BCUT2D eigenvalue weighted by Gasteiger charge is -2.13. The van der Waals surface area contributed by atoms with E-state index in [-0.39, 0.29) is 0 Å². The molecule has 94 valence electrons. The molecule has 0 aliphatic rings. The second-order valence-electron chi connectivity index (χ2n) is 4.41. The molecule has 0 fully saturated rings. The number of rotatable bonds is 3. The van der Waals surface area contributed by atoms with E-state index in [1.807, 2.05) is 24.3 Å². The lowest BCUT2D eigenvalue weighted by Crippen LogP contribution is -1.93. The summed E-state index contributed by atoms with van der Waals surface area (Å²) in [5.74, 6) is 1.73. The lowest BCUT2D eigenvalue weighted by atomic mass is 9.99. The molecule has 0 spiro atoms. The Bertz CT molecular complexity index is 508. The summed E-state index contributed by atoms with van der Waals surface area (Å²) in [6, 6.07) is 12.3. The van der Waals surface area contributed by atoms with E-state index < -0.39 is 0 Å². The molecule has 2 rings (SSSR count). The number of methoxy groups -OCH3 is 2. The zero-order valence-corrected chi connectivity index (χ0v) is 11.3. The topological polar surface area (TPSA) is 18.5 Å². The molecule has 0 N–H and O–H groups in total. The first-order valence-corrected chi connectivity index (χ1v) is 5.95. The second-order valence-corrected chi connectivity index (χ2v) is 4.41. The summed E-state index contributed by atoms with van der Waals surface area (Å²) in [5.41, 5.74) is 4.54. The van der Waals surface area contributed by atoms with Crippen LogP contribution in [-0.4, -0.2) is 14.2 Å². The third-order valence-electron chi connectivity index (χ3n) is 3.00. The molecular weight excluding hydrogens is 224 g/mol. The SMILES string of the molecule is COc1ccc(C)cc1-c1cc(C)ccc1OC. The highest BCUT2D eigenvalue weighted by Gasteiger charge is 2.11. The van der Waals surface area contributed by atoms with Gasteiger partial charge in [-0.3, -0.25) is 0 Å². The molecule has 0 bridgehead atoms. The number of aryl methyl sites for hydroxylation is 2. The van der Waals surface area contributed by atoms with Crippen LogP contribution in [0.2, 0.25) is 0 Å². The molecule has 0 heterocycles. The summed E-state index contributed by atoms with van der Waals surface area (Å²) in [6.45, 7) is 4.15. The molecule has 0 atom stereocenters. The number of ether oxygens (including phenoxy) is 2. The summed E-state index contributed by atoms with van der Waals surface area (Å²) in [4.78, 5) is 0. The van der Waals surface area contributed by atoms with Crippen molar-refractivity contribution in [1.29, 1.82) is 0 Å². The first kappa shape index (κ1) is 12.5. The Hall–Kier alpha value is -1.96. The zero-order valence-electron chi connectivity index (χ0n) is 11.3. The van der Waals surface area contributed by atoms with Crippen molar-refractivity contribution in [2.45, 2.75) is 13.8 Å². The van der Waals surface area contributed by atoms with Gasteiger partial charge in [0.1, 0.15) is 11.5 Å². The van der Waals surface area contributed by atoms with Crippen molar-refractivity contribution in [2.24, 2.45) is 0 Å². The van der Waals surface area contributed by atoms with Crippen molar-refractivity contribution in [3.63, 3.8) is 0 Å². The van der Waals surface area contributed by atoms with Gasteiger partial charge in [0, 0.05) is 11.1 Å². The number of benzene rings is 2. The summed E-state index contributed by atoms with van der Waals surface area (Å²) in [6.07, 6.45) is 0. The highest BCUT2D eigenvalue weighted by molar-refractivity contribution is 5.77. The average molecular weight is 242 g/mol. The molecule has 18 heavy (non-hydrogen) atoms. The molecule has 0 unspecified atom stereocenters. The molecule has 0 aliphatic heterocycles. The highest BCUT2D eigenvalue weighted by Crippen LogP contribution is 2.37. The first-order chi connectivity index (χ1) is 8.65. The van der Waals surface area contributed by atoms with Crippen LogP contribution < -0.4 is 9.47 Å². The minimum atomic E-state index is 0.865. The van der Waals surface area contributed by atoms with Crippen LogP contribution in [0.3, 0.4) is 0 Å². The van der Waals surface area contributed by atoms with Crippen LogP contribution in [0.1, 0.15) is 11.1 Å². The van der Waals surface area contributed by atoms with Crippen LogP contribution in [0.4, 0.5) is 0 Å². The fourth-order valence-corrected chi connectivity index (χ4v) is 2.06. The Labute approximate surface area is 108 Å². The Morgan fingerprint density at radius 2 is 1.06 bits per heavy atom. The van der Waals surface area contributed by atoms with Crippen LogP contribution in [-0.2, 0) is 0 Å². The zero-order chi connectivity index (χ0) is 13.1. The van der Waals surface area contributed by atoms with Crippen molar-refractivity contribution in [2.75, 3.05) is 14.2 Å². The molecule has 2 heteroatoms. The number of hydrogen-bond acceptors (Lipinski definition) is 2. The van der Waals surface area contributed by atoms with E-state index in [1.54, 1.807) is 14.2 Å². The highest BCUT2D eigenvalue weighted by atomic mass is 16.5. The fourth-order valence-electron chi connectivity index (χ4n) is 2.06. The Morgan fingerprint density at radius 3 is 1.39 bits per heavy atom. The monoisotopic (exact) mass is 242 g/mol. The van der Waals surface area contributed by atoms with Crippen molar-refractivity contribution < 1.29 is 9.47 Å². The smallest absolute Gasteiger partial charge is 0.126 e. The van der Waals surface area contributed by atoms with Gasteiger partial charge in [-0.15, -0.1) is 0 Å². The van der Waals surface area contributed by atoms with Gasteiger partial charge in [0.05, 0.1) is 14.2 Å². The van der Waals surface area contributed by atoms with Gasteiger partial charge in [-0.1, -0.05) is 23.3 Å². The number of hydrogen-bond donors (Lipinski definition) is 0. The van der Waals surface area contributed by atoms with Crippen molar-refractivity contribution in [3.8, 4) is 22.6 Å². The third kappa shape index (κ3) is 2.33. The maximum atomic E-state index is 5.44. The van der Waals surface area contributed by atoms with Gasteiger partial charge in [-0.2, -0.15) is 0 Å². The molecule has 0 amide bonds. The van der Waals surface area contributed by atoms with Gasteiger partial charge in [0.25, 0.3) is 0 Å². The van der Waals surface area contributed by atoms with E-state index in [0.29, 0.717) is 0 Å². The van der Waals surface area contributed by atoms with E-state index >= 15 is 0 Å².